The topological polar surface area (TPSA) is 17.1 Å². The lowest BCUT2D eigenvalue weighted by molar-refractivity contribution is -0.104. The molecular weight excluding hydrogens is 172 g/mol. The molecule has 0 atom stereocenters. The van der Waals surface area contributed by atoms with Crippen molar-refractivity contribution in [2.45, 2.75) is 13.3 Å². The molecule has 0 aliphatic rings. The van der Waals surface area contributed by atoms with Gasteiger partial charge in [-0.2, -0.15) is 0 Å². The summed E-state index contributed by atoms with van der Waals surface area (Å²) in [6, 6.07) is 10.2. The van der Waals surface area contributed by atoms with Gasteiger partial charge in [0.1, 0.15) is 6.29 Å². The zero-order valence-corrected chi connectivity index (χ0v) is 8.31. The summed E-state index contributed by atoms with van der Waals surface area (Å²) in [6.07, 6.45) is 7.38. The quantitative estimate of drug-likeness (QED) is 0.401. The van der Waals surface area contributed by atoms with Crippen molar-refractivity contribution in [2.24, 2.45) is 0 Å². The fourth-order valence-electron chi connectivity index (χ4n) is 1.15. The molecule has 0 saturated heterocycles. The van der Waals surface area contributed by atoms with Crippen LogP contribution in [0.25, 0.3) is 0 Å². The van der Waals surface area contributed by atoms with Gasteiger partial charge in [0.05, 0.1) is 0 Å². The van der Waals surface area contributed by atoms with E-state index in [1.165, 1.54) is 5.56 Å². The summed E-state index contributed by atoms with van der Waals surface area (Å²) in [7, 11) is 0. The molecule has 1 heteroatoms. The van der Waals surface area contributed by atoms with Crippen LogP contribution in [0.1, 0.15) is 12.5 Å². The van der Waals surface area contributed by atoms with E-state index in [-0.39, 0.29) is 0 Å². The summed E-state index contributed by atoms with van der Waals surface area (Å²) in [5.41, 5.74) is 1.98. The minimum Gasteiger partial charge on any atom is -0.298 e. The Morgan fingerprint density at radius 2 is 2.00 bits per heavy atom. The first-order valence-corrected chi connectivity index (χ1v) is 4.68. The molecular formula is C13H14O. The molecule has 0 aromatic heterocycles. The molecule has 0 unspecified atom stereocenters. The highest BCUT2D eigenvalue weighted by atomic mass is 16.1. The maximum absolute atomic E-state index is 10.5. The molecule has 0 amide bonds. The Labute approximate surface area is 84.8 Å². The van der Waals surface area contributed by atoms with Gasteiger partial charge in [-0.1, -0.05) is 48.6 Å². The average Bonchev–Trinajstić information content (AvgIpc) is 2.26. The Kier molecular flexibility index (Phi) is 4.42. The first kappa shape index (κ1) is 10.5. The van der Waals surface area contributed by atoms with E-state index >= 15 is 0 Å². The number of carbonyl (C=O) groups is 1. The standard InChI is InChI=1S/C13H14O/c1-2-12(11-14)9-6-10-13-7-4-3-5-8-13/h2-9,11H,10H2,1H3/b9-6-,12-2+. The van der Waals surface area contributed by atoms with Crippen LogP contribution in [0.4, 0.5) is 0 Å². The number of benzene rings is 1. The van der Waals surface area contributed by atoms with Crippen molar-refractivity contribution in [3.05, 3.63) is 59.7 Å². The molecule has 0 bridgehead atoms. The zero-order valence-electron chi connectivity index (χ0n) is 8.31. The number of hydrogen-bond donors (Lipinski definition) is 0. The van der Waals surface area contributed by atoms with Crippen LogP contribution in [0.5, 0.6) is 0 Å². The van der Waals surface area contributed by atoms with Crippen LogP contribution in [0.3, 0.4) is 0 Å². The lowest BCUT2D eigenvalue weighted by atomic mass is 10.1. The molecule has 1 nitrogen and oxygen atoms in total. The minimum absolute atomic E-state index is 0.723. The second-order valence-electron chi connectivity index (χ2n) is 3.00. The molecule has 72 valence electrons. The molecule has 0 fully saturated rings. The second-order valence-corrected chi connectivity index (χ2v) is 3.00. The van der Waals surface area contributed by atoms with Gasteiger partial charge in [-0.15, -0.1) is 0 Å². The molecule has 0 radical (unpaired) electrons. The summed E-state index contributed by atoms with van der Waals surface area (Å²) in [6.45, 7) is 1.86. The van der Waals surface area contributed by atoms with E-state index in [2.05, 4.69) is 12.1 Å². The molecule has 0 aliphatic carbocycles. The highest BCUT2D eigenvalue weighted by molar-refractivity contribution is 5.77. The van der Waals surface area contributed by atoms with Gasteiger partial charge < -0.3 is 0 Å². The predicted octanol–water partition coefficient (Wildman–Crippen LogP) is 2.93. The fraction of sp³-hybridized carbons (Fsp3) is 0.154. The van der Waals surface area contributed by atoms with E-state index in [1.54, 1.807) is 6.08 Å². The normalized spacial score (nSPS) is 11.9. The maximum Gasteiger partial charge on any atom is 0.149 e. The fourth-order valence-corrected chi connectivity index (χ4v) is 1.15. The van der Waals surface area contributed by atoms with E-state index in [0.29, 0.717) is 0 Å². The zero-order chi connectivity index (χ0) is 10.2. The third-order valence-corrected chi connectivity index (χ3v) is 1.98. The number of aldehydes is 1. The molecule has 0 aliphatic heterocycles. The number of carbonyl (C=O) groups excluding carboxylic acids is 1. The van der Waals surface area contributed by atoms with Gasteiger partial charge in [-0.25, -0.2) is 0 Å². The average molecular weight is 186 g/mol. The first-order chi connectivity index (χ1) is 6.86. The van der Waals surface area contributed by atoms with Crippen LogP contribution in [0.2, 0.25) is 0 Å². The summed E-state index contributed by atoms with van der Waals surface area (Å²) in [5.74, 6) is 0. The van der Waals surface area contributed by atoms with Gasteiger partial charge in [-0.05, 0) is 18.9 Å². The Bertz CT molecular complexity index is 334. The first-order valence-electron chi connectivity index (χ1n) is 4.68. The Morgan fingerprint density at radius 1 is 1.29 bits per heavy atom. The lowest BCUT2D eigenvalue weighted by Crippen LogP contribution is -1.81. The van der Waals surface area contributed by atoms with Crippen molar-refractivity contribution in [1.29, 1.82) is 0 Å². The summed E-state index contributed by atoms with van der Waals surface area (Å²) >= 11 is 0. The van der Waals surface area contributed by atoms with Crippen LogP contribution < -0.4 is 0 Å². The van der Waals surface area contributed by atoms with E-state index < -0.39 is 0 Å². The second kappa shape index (κ2) is 5.92. The van der Waals surface area contributed by atoms with Crippen LogP contribution >= 0.6 is 0 Å². The maximum atomic E-state index is 10.5. The van der Waals surface area contributed by atoms with E-state index in [9.17, 15) is 4.79 Å². The van der Waals surface area contributed by atoms with Crippen molar-refractivity contribution < 1.29 is 4.79 Å². The van der Waals surface area contributed by atoms with Crippen molar-refractivity contribution in [1.82, 2.24) is 0 Å². The van der Waals surface area contributed by atoms with Crippen LogP contribution in [-0.2, 0) is 11.2 Å². The molecule has 1 rings (SSSR count). The van der Waals surface area contributed by atoms with Gasteiger partial charge in [0.15, 0.2) is 0 Å². The Morgan fingerprint density at radius 3 is 2.57 bits per heavy atom. The van der Waals surface area contributed by atoms with Crippen LogP contribution in [0.15, 0.2) is 54.1 Å². The third kappa shape index (κ3) is 3.40. The van der Waals surface area contributed by atoms with Crippen LogP contribution in [0, 0.1) is 0 Å². The van der Waals surface area contributed by atoms with Gasteiger partial charge in [-0.3, -0.25) is 4.79 Å². The number of rotatable bonds is 4. The van der Waals surface area contributed by atoms with E-state index in [4.69, 9.17) is 0 Å². The molecule has 0 heterocycles. The highest BCUT2D eigenvalue weighted by Gasteiger charge is 1.87. The number of hydrogen-bond acceptors (Lipinski definition) is 1. The molecule has 1 aromatic carbocycles. The van der Waals surface area contributed by atoms with E-state index in [1.807, 2.05) is 37.3 Å². The molecule has 0 N–H and O–H groups in total. The smallest absolute Gasteiger partial charge is 0.149 e. The van der Waals surface area contributed by atoms with Crippen LogP contribution in [-0.4, -0.2) is 6.29 Å². The van der Waals surface area contributed by atoms with Crippen molar-refractivity contribution in [3.63, 3.8) is 0 Å². The molecule has 1 aromatic rings. The molecule has 0 saturated carbocycles. The molecule has 0 spiro atoms. The van der Waals surface area contributed by atoms with E-state index in [0.717, 1.165) is 18.3 Å². The SMILES string of the molecule is C/C=C(C=O)\C=C/Cc1ccccc1. The lowest BCUT2D eigenvalue weighted by Gasteiger charge is -1.93. The van der Waals surface area contributed by atoms with Gasteiger partial charge in [0.25, 0.3) is 0 Å². The van der Waals surface area contributed by atoms with Crippen molar-refractivity contribution in [2.75, 3.05) is 0 Å². The summed E-state index contributed by atoms with van der Waals surface area (Å²) < 4.78 is 0. The largest absolute Gasteiger partial charge is 0.298 e. The van der Waals surface area contributed by atoms with Crippen molar-refractivity contribution >= 4 is 6.29 Å². The Balaban J connectivity index is 2.53. The van der Waals surface area contributed by atoms with Gasteiger partial charge >= 0.3 is 0 Å². The third-order valence-electron chi connectivity index (χ3n) is 1.98. The van der Waals surface area contributed by atoms with Gasteiger partial charge in [0.2, 0.25) is 0 Å². The summed E-state index contributed by atoms with van der Waals surface area (Å²) in [4.78, 5) is 10.5. The predicted molar refractivity (Wildman–Crippen MR) is 59.1 cm³/mol. The molecule has 14 heavy (non-hydrogen) atoms. The Hall–Kier alpha value is -1.63. The highest BCUT2D eigenvalue weighted by Crippen LogP contribution is 2.01. The minimum atomic E-state index is 0.723. The summed E-state index contributed by atoms with van der Waals surface area (Å²) in [5, 5.41) is 0. The van der Waals surface area contributed by atoms with Crippen molar-refractivity contribution in [3.8, 4) is 0 Å². The number of allylic oxidation sites excluding steroid dienone is 4. The monoisotopic (exact) mass is 186 g/mol. The van der Waals surface area contributed by atoms with Gasteiger partial charge in [0, 0.05) is 5.57 Å².